The molecular weight excluding hydrogens is 470 g/mol. The monoisotopic (exact) mass is 497 g/mol. The third kappa shape index (κ3) is 5.36. The molecule has 0 aromatic carbocycles. The number of aromatic nitrogens is 2. The van der Waals surface area contributed by atoms with Crippen molar-refractivity contribution < 1.29 is 27.9 Å². The van der Waals surface area contributed by atoms with E-state index < -0.39 is 27.8 Å². The van der Waals surface area contributed by atoms with Crippen LogP contribution in [0.4, 0.5) is 21.2 Å². The first-order valence-corrected chi connectivity index (χ1v) is 12.5. The van der Waals surface area contributed by atoms with E-state index in [0.29, 0.717) is 35.2 Å². The summed E-state index contributed by atoms with van der Waals surface area (Å²) >= 11 is 1.15. The molecule has 2 aromatic heterocycles. The van der Waals surface area contributed by atoms with Crippen LogP contribution in [-0.2, 0) is 14.8 Å². The molecule has 0 bridgehead atoms. The van der Waals surface area contributed by atoms with Crippen molar-refractivity contribution in [2.24, 2.45) is 0 Å². The van der Waals surface area contributed by atoms with Crippen molar-refractivity contribution in [3.05, 3.63) is 28.7 Å². The summed E-state index contributed by atoms with van der Waals surface area (Å²) in [6.07, 6.45) is -0.213. The minimum Gasteiger partial charge on any atom is -0.465 e. The predicted octanol–water partition coefficient (Wildman–Crippen LogP) is 3.17. The fraction of sp³-hybridized carbons (Fsp3) is 0.500. The van der Waals surface area contributed by atoms with Crippen LogP contribution in [-0.4, -0.2) is 72.4 Å². The minimum absolute atomic E-state index is 0.0622. The van der Waals surface area contributed by atoms with Gasteiger partial charge >= 0.3 is 12.2 Å². The molecular formula is C20H27N5O6S2. The normalized spacial score (nSPS) is 16.5. The number of rotatable bonds is 5. The van der Waals surface area contributed by atoms with Gasteiger partial charge in [-0.05, 0) is 45.7 Å². The Morgan fingerprint density at radius 1 is 1.30 bits per heavy atom. The van der Waals surface area contributed by atoms with E-state index in [-0.39, 0.29) is 16.8 Å². The number of likely N-dealkylation sites (N-methyl/N-ethyl adjacent to an activating group) is 1. The SMILES string of the molecule is Cc1cc(S(=O)(=O)N(C(=O)OC(C)(C)C)c2cscn2)cnc1N(C)[C@H]1CCN(C(=O)O)C1. The Kier molecular flexibility index (Phi) is 6.84. The summed E-state index contributed by atoms with van der Waals surface area (Å²) in [5, 5.41) is 10.6. The summed E-state index contributed by atoms with van der Waals surface area (Å²) < 4.78 is 32.7. The third-order valence-electron chi connectivity index (χ3n) is 5.07. The Hall–Kier alpha value is -2.93. The summed E-state index contributed by atoms with van der Waals surface area (Å²) in [4.78, 5) is 35.3. The average molecular weight is 498 g/mol. The van der Waals surface area contributed by atoms with Crippen molar-refractivity contribution in [3.8, 4) is 0 Å². The molecule has 3 heterocycles. The molecule has 0 saturated carbocycles. The van der Waals surface area contributed by atoms with Gasteiger partial charge in [0.1, 0.15) is 16.3 Å². The first-order chi connectivity index (χ1) is 15.3. The molecule has 33 heavy (non-hydrogen) atoms. The zero-order valence-corrected chi connectivity index (χ0v) is 20.7. The third-order valence-corrected chi connectivity index (χ3v) is 7.28. The summed E-state index contributed by atoms with van der Waals surface area (Å²) in [7, 11) is -2.57. The van der Waals surface area contributed by atoms with Crippen LogP contribution in [0.2, 0.25) is 0 Å². The number of nitrogens with zero attached hydrogens (tertiary/aromatic N) is 5. The molecule has 13 heteroatoms. The van der Waals surface area contributed by atoms with Crippen LogP contribution < -0.4 is 9.21 Å². The lowest BCUT2D eigenvalue weighted by molar-refractivity contribution is 0.0608. The number of sulfonamides is 1. The molecule has 1 N–H and O–H groups in total. The van der Waals surface area contributed by atoms with Gasteiger partial charge in [0, 0.05) is 37.8 Å². The van der Waals surface area contributed by atoms with Gasteiger partial charge in [-0.25, -0.2) is 28.0 Å². The van der Waals surface area contributed by atoms with Crippen LogP contribution in [0.5, 0.6) is 0 Å². The molecule has 1 atom stereocenters. The van der Waals surface area contributed by atoms with Gasteiger partial charge in [0.2, 0.25) is 0 Å². The van der Waals surface area contributed by atoms with Gasteiger partial charge in [-0.3, -0.25) is 0 Å². The number of carbonyl (C=O) groups excluding carboxylic acids is 1. The molecule has 0 unspecified atom stereocenters. The van der Waals surface area contributed by atoms with E-state index >= 15 is 0 Å². The van der Waals surface area contributed by atoms with E-state index in [4.69, 9.17) is 4.74 Å². The summed E-state index contributed by atoms with van der Waals surface area (Å²) in [6, 6.07) is 1.35. The highest BCUT2D eigenvalue weighted by Gasteiger charge is 2.37. The number of hydrogen-bond donors (Lipinski definition) is 1. The molecule has 180 valence electrons. The number of thiazole rings is 1. The second-order valence-corrected chi connectivity index (χ2v) is 11.2. The molecule has 11 nitrogen and oxygen atoms in total. The van der Waals surface area contributed by atoms with Crippen LogP contribution in [0.15, 0.2) is 28.0 Å². The quantitative estimate of drug-likeness (QED) is 0.661. The summed E-state index contributed by atoms with van der Waals surface area (Å²) in [5.41, 5.74) is 1.08. The minimum atomic E-state index is -4.36. The van der Waals surface area contributed by atoms with Crippen LogP contribution in [0, 0.1) is 6.92 Å². The molecule has 1 aliphatic rings. The van der Waals surface area contributed by atoms with E-state index in [2.05, 4.69) is 9.97 Å². The second-order valence-electron chi connectivity index (χ2n) is 8.69. The molecule has 1 aliphatic heterocycles. The second kappa shape index (κ2) is 9.14. The molecule has 1 fully saturated rings. The fourth-order valence-electron chi connectivity index (χ4n) is 3.49. The smallest absolute Gasteiger partial charge is 0.430 e. The highest BCUT2D eigenvalue weighted by Crippen LogP contribution is 2.29. The van der Waals surface area contributed by atoms with E-state index in [9.17, 15) is 23.1 Å². The lowest BCUT2D eigenvalue weighted by Gasteiger charge is -2.28. The average Bonchev–Trinajstić information content (AvgIpc) is 3.38. The van der Waals surface area contributed by atoms with Gasteiger partial charge in [-0.2, -0.15) is 0 Å². The Bertz CT molecular complexity index is 1130. The van der Waals surface area contributed by atoms with Gasteiger partial charge in [0.15, 0.2) is 5.82 Å². The van der Waals surface area contributed by atoms with E-state index in [0.717, 1.165) is 11.3 Å². The molecule has 0 aliphatic carbocycles. The summed E-state index contributed by atoms with van der Waals surface area (Å²) in [6.45, 7) is 7.39. The van der Waals surface area contributed by atoms with Gasteiger partial charge < -0.3 is 19.6 Å². The Morgan fingerprint density at radius 2 is 2.00 bits per heavy atom. The van der Waals surface area contributed by atoms with Crippen LogP contribution >= 0.6 is 11.3 Å². The molecule has 3 rings (SSSR count). The Morgan fingerprint density at radius 3 is 2.52 bits per heavy atom. The lowest BCUT2D eigenvalue weighted by Crippen LogP contribution is -2.41. The number of amides is 2. The van der Waals surface area contributed by atoms with E-state index in [1.807, 2.05) is 4.90 Å². The topological polar surface area (TPSA) is 133 Å². The predicted molar refractivity (Wildman–Crippen MR) is 123 cm³/mol. The maximum atomic E-state index is 13.4. The maximum absolute atomic E-state index is 13.4. The van der Waals surface area contributed by atoms with Crippen LogP contribution in [0.1, 0.15) is 32.8 Å². The molecule has 0 spiro atoms. The molecule has 0 radical (unpaired) electrons. The number of aryl methyl sites for hydroxylation is 1. The highest BCUT2D eigenvalue weighted by molar-refractivity contribution is 7.93. The first-order valence-electron chi connectivity index (χ1n) is 10.1. The van der Waals surface area contributed by atoms with E-state index in [1.165, 1.54) is 28.1 Å². The fourth-order valence-corrected chi connectivity index (χ4v) is 5.37. The van der Waals surface area contributed by atoms with Crippen molar-refractivity contribution in [1.29, 1.82) is 0 Å². The standard InChI is InChI=1S/C20H27N5O6S2/c1-13-8-15(9-21-17(13)23(5)14-6-7-24(10-14)18(26)27)33(29,30)25(16-11-32-12-22-16)19(28)31-20(2,3)4/h8-9,11-12,14H,6-7,10H2,1-5H3,(H,26,27)/t14-/m0/s1. The first kappa shape index (κ1) is 24.7. The van der Waals surface area contributed by atoms with Gasteiger partial charge in [-0.1, -0.05) is 0 Å². The summed E-state index contributed by atoms with van der Waals surface area (Å²) in [5.74, 6) is 0.469. The van der Waals surface area contributed by atoms with E-state index in [1.54, 1.807) is 34.7 Å². The lowest BCUT2D eigenvalue weighted by atomic mass is 10.2. The molecule has 2 aromatic rings. The zero-order chi connectivity index (χ0) is 24.6. The van der Waals surface area contributed by atoms with Crippen molar-refractivity contribution in [3.63, 3.8) is 0 Å². The van der Waals surface area contributed by atoms with Crippen molar-refractivity contribution in [1.82, 2.24) is 14.9 Å². The number of pyridine rings is 1. The number of ether oxygens (including phenoxy) is 1. The number of carbonyl (C=O) groups is 2. The number of anilines is 2. The largest absolute Gasteiger partial charge is 0.465 e. The van der Waals surface area contributed by atoms with Crippen molar-refractivity contribution >= 4 is 45.2 Å². The van der Waals surface area contributed by atoms with Gasteiger partial charge in [-0.15, -0.1) is 15.6 Å². The highest BCUT2D eigenvalue weighted by atomic mass is 32.2. The van der Waals surface area contributed by atoms with Crippen molar-refractivity contribution in [2.75, 3.05) is 29.3 Å². The maximum Gasteiger partial charge on any atom is 0.430 e. The van der Waals surface area contributed by atoms with Gasteiger partial charge in [0.25, 0.3) is 10.0 Å². The van der Waals surface area contributed by atoms with Crippen molar-refractivity contribution in [2.45, 2.75) is 50.7 Å². The van der Waals surface area contributed by atoms with Crippen LogP contribution in [0.25, 0.3) is 0 Å². The Balaban J connectivity index is 1.92. The number of carboxylic acid groups (broad SMARTS) is 1. The Labute approximate surface area is 196 Å². The van der Waals surface area contributed by atoms with Gasteiger partial charge in [0.05, 0.1) is 5.51 Å². The zero-order valence-electron chi connectivity index (χ0n) is 19.0. The number of likely N-dealkylation sites (tertiary alicyclic amines) is 1. The van der Waals surface area contributed by atoms with Crippen LogP contribution in [0.3, 0.4) is 0 Å². The molecule has 2 amide bonds. The molecule has 1 saturated heterocycles. The number of hydrogen-bond acceptors (Lipinski definition) is 9.